The summed E-state index contributed by atoms with van der Waals surface area (Å²) in [7, 11) is -1.95. The van der Waals surface area contributed by atoms with Gasteiger partial charge in [0.2, 0.25) is 0 Å². The molecule has 37 heavy (non-hydrogen) atoms. The molecule has 0 fully saturated rings. The minimum atomic E-state index is -1.95. The Morgan fingerprint density at radius 2 is 1.38 bits per heavy atom. The molecule has 0 aliphatic rings. The lowest BCUT2D eigenvalue weighted by molar-refractivity contribution is -0.384. The van der Waals surface area contributed by atoms with E-state index in [1.165, 1.54) is 12.1 Å². The van der Waals surface area contributed by atoms with Crippen LogP contribution in [0.4, 0.5) is 5.69 Å². The highest BCUT2D eigenvalue weighted by Gasteiger charge is 2.49. The van der Waals surface area contributed by atoms with Crippen molar-refractivity contribution < 1.29 is 19.6 Å². The van der Waals surface area contributed by atoms with Crippen molar-refractivity contribution in [3.8, 4) is 0 Å². The summed E-state index contributed by atoms with van der Waals surface area (Å²) in [4.78, 5) is 24.6. The Bertz CT molecular complexity index is 998. The second-order valence-electron chi connectivity index (χ2n) is 9.53. The first-order chi connectivity index (χ1) is 17.8. The zero-order valence-electron chi connectivity index (χ0n) is 22.8. The maximum atomic E-state index is 14.1. The Kier molecular flexibility index (Phi) is 12.8. The quantitative estimate of drug-likeness (QED) is 0.0567. The third-order valence-corrected chi connectivity index (χ3v) is 12.2. The van der Waals surface area contributed by atoms with Crippen LogP contribution in [0.3, 0.4) is 0 Å². The fourth-order valence-corrected chi connectivity index (χ4v) is 10.8. The molecule has 0 radical (unpaired) electrons. The molecule has 2 aromatic rings. The normalized spacial score (nSPS) is 13.1. The number of benzene rings is 2. The van der Waals surface area contributed by atoms with Crippen molar-refractivity contribution in [3.05, 3.63) is 81.4 Å². The molecule has 0 aliphatic heterocycles. The van der Waals surface area contributed by atoms with Crippen LogP contribution in [0.5, 0.6) is 0 Å². The molecule has 0 aromatic heterocycles. The fraction of sp³-hybridized carbons (Fsp3) is 0.500. The smallest absolute Gasteiger partial charge is 0.337 e. The van der Waals surface area contributed by atoms with Crippen LogP contribution in [-0.4, -0.2) is 36.0 Å². The second-order valence-corrected chi connectivity index (χ2v) is 13.8. The SMILES string of the molecule is CCCC[P+](CCCC)(CCCC)[C@@H](/C(C(=O)OCC)=C(\[O-])c1ccccc1)c1ccc([N+](=O)[O-])cc1. The molecule has 0 unspecified atom stereocenters. The summed E-state index contributed by atoms with van der Waals surface area (Å²) in [5, 5.41) is 25.5. The van der Waals surface area contributed by atoms with Crippen molar-refractivity contribution in [2.75, 3.05) is 25.1 Å². The van der Waals surface area contributed by atoms with E-state index in [1.807, 2.05) is 6.07 Å². The Hall–Kier alpha value is -2.72. The standard InChI is InChI=1S/C30H42NO5P/c1-5-9-21-37(22-10-6-2,23-11-7-3)29(25-17-19-26(20-18-25)31(34)35)27(30(33)36-8-4)28(32)24-15-13-12-14-16-24/h12-20,29H,5-11,21-23H2,1-4H3/t29-/m1/s1. The van der Waals surface area contributed by atoms with Crippen LogP contribution < -0.4 is 5.11 Å². The van der Waals surface area contributed by atoms with E-state index in [4.69, 9.17) is 4.74 Å². The van der Waals surface area contributed by atoms with Crippen LogP contribution in [0.2, 0.25) is 0 Å². The van der Waals surface area contributed by atoms with Crippen molar-refractivity contribution in [3.63, 3.8) is 0 Å². The number of unbranched alkanes of at least 4 members (excludes halogenated alkanes) is 3. The minimum Gasteiger partial charge on any atom is -0.872 e. The molecule has 2 aromatic carbocycles. The molecule has 0 bridgehead atoms. The Morgan fingerprint density at radius 1 is 0.865 bits per heavy atom. The van der Waals surface area contributed by atoms with E-state index in [-0.39, 0.29) is 23.6 Å². The molecule has 202 valence electrons. The minimum absolute atomic E-state index is 0.00539. The number of rotatable bonds is 16. The Balaban J connectivity index is 2.93. The average Bonchev–Trinajstić information content (AvgIpc) is 2.92. The number of ether oxygens (including phenoxy) is 1. The summed E-state index contributed by atoms with van der Waals surface area (Å²) in [6.45, 7) is 8.42. The third-order valence-electron chi connectivity index (χ3n) is 6.89. The molecule has 6 nitrogen and oxygen atoms in total. The number of carbonyl (C=O) groups excluding carboxylic acids is 1. The van der Waals surface area contributed by atoms with E-state index < -0.39 is 23.8 Å². The van der Waals surface area contributed by atoms with E-state index in [2.05, 4.69) is 20.8 Å². The van der Waals surface area contributed by atoms with Gasteiger partial charge in [-0.1, -0.05) is 76.1 Å². The van der Waals surface area contributed by atoms with Gasteiger partial charge in [0.05, 0.1) is 35.6 Å². The molecule has 0 aliphatic carbocycles. The van der Waals surface area contributed by atoms with Crippen LogP contribution in [-0.2, 0) is 9.53 Å². The molecular weight excluding hydrogens is 485 g/mol. The number of nitrogens with zero attached hydrogens (tertiary/aromatic N) is 1. The van der Waals surface area contributed by atoms with Crippen LogP contribution in [0.15, 0.2) is 60.2 Å². The maximum Gasteiger partial charge on any atom is 0.337 e. The monoisotopic (exact) mass is 527 g/mol. The number of esters is 1. The highest BCUT2D eigenvalue weighted by molar-refractivity contribution is 7.76. The molecule has 7 heteroatoms. The van der Waals surface area contributed by atoms with Crippen LogP contribution in [0.1, 0.15) is 83.0 Å². The van der Waals surface area contributed by atoms with Crippen molar-refractivity contribution in [1.82, 2.24) is 0 Å². The first-order valence-electron chi connectivity index (χ1n) is 13.6. The molecule has 1 atom stereocenters. The molecular formula is C30H42NO5P. The lowest BCUT2D eigenvalue weighted by Gasteiger charge is -2.38. The fourth-order valence-electron chi connectivity index (χ4n) is 4.96. The van der Waals surface area contributed by atoms with E-state index in [1.54, 1.807) is 43.3 Å². The Morgan fingerprint density at radius 3 is 1.81 bits per heavy atom. The van der Waals surface area contributed by atoms with Gasteiger partial charge in [-0.3, -0.25) is 10.1 Å². The summed E-state index contributed by atoms with van der Waals surface area (Å²) >= 11 is 0. The topological polar surface area (TPSA) is 92.5 Å². The summed E-state index contributed by atoms with van der Waals surface area (Å²) < 4.78 is 5.53. The molecule has 0 saturated heterocycles. The van der Waals surface area contributed by atoms with Gasteiger partial charge in [0.1, 0.15) is 5.66 Å². The zero-order chi connectivity index (χ0) is 27.3. The number of nitro benzene ring substituents is 1. The van der Waals surface area contributed by atoms with Gasteiger partial charge in [0, 0.05) is 19.4 Å². The summed E-state index contributed by atoms with van der Waals surface area (Å²) in [5.41, 5.74) is 1.00. The van der Waals surface area contributed by atoms with Crippen molar-refractivity contribution in [2.24, 2.45) is 0 Å². The third kappa shape index (κ3) is 8.13. The highest BCUT2D eigenvalue weighted by Crippen LogP contribution is 2.73. The zero-order valence-corrected chi connectivity index (χ0v) is 23.7. The number of non-ortho nitro benzene ring substituents is 1. The van der Waals surface area contributed by atoms with Gasteiger partial charge in [0.15, 0.2) is 0 Å². The number of hydrogen-bond acceptors (Lipinski definition) is 5. The van der Waals surface area contributed by atoms with Crippen LogP contribution in [0, 0.1) is 10.1 Å². The van der Waals surface area contributed by atoms with Gasteiger partial charge in [-0.15, -0.1) is 0 Å². The first-order valence-corrected chi connectivity index (χ1v) is 16.0. The predicted molar refractivity (Wildman–Crippen MR) is 152 cm³/mol. The highest BCUT2D eigenvalue weighted by atomic mass is 31.2. The van der Waals surface area contributed by atoms with Crippen molar-refractivity contribution in [1.29, 1.82) is 0 Å². The van der Waals surface area contributed by atoms with Crippen molar-refractivity contribution in [2.45, 2.75) is 71.9 Å². The second kappa shape index (κ2) is 15.5. The molecule has 0 N–H and O–H groups in total. The maximum absolute atomic E-state index is 14.1. The van der Waals surface area contributed by atoms with Gasteiger partial charge in [-0.25, -0.2) is 4.79 Å². The van der Waals surface area contributed by atoms with Gasteiger partial charge >= 0.3 is 5.97 Å². The number of carbonyl (C=O) groups is 1. The molecule has 0 heterocycles. The van der Waals surface area contributed by atoms with E-state index in [0.29, 0.717) is 5.56 Å². The van der Waals surface area contributed by atoms with E-state index in [9.17, 15) is 20.0 Å². The van der Waals surface area contributed by atoms with Crippen LogP contribution >= 0.6 is 7.26 Å². The summed E-state index contributed by atoms with van der Waals surface area (Å²) in [6, 6.07) is 15.4. The lowest BCUT2D eigenvalue weighted by Crippen LogP contribution is -2.26. The van der Waals surface area contributed by atoms with Gasteiger partial charge in [-0.2, -0.15) is 0 Å². The molecule has 0 amide bonds. The molecule has 0 spiro atoms. The number of nitro groups is 1. The van der Waals surface area contributed by atoms with Crippen LogP contribution in [0.25, 0.3) is 5.76 Å². The summed E-state index contributed by atoms with van der Waals surface area (Å²) in [5.74, 6) is -0.884. The van der Waals surface area contributed by atoms with E-state index >= 15 is 0 Å². The van der Waals surface area contributed by atoms with Crippen molar-refractivity contribution >= 4 is 24.7 Å². The Labute approximate surface area is 222 Å². The average molecular weight is 528 g/mol. The molecule has 2 rings (SSSR count). The van der Waals surface area contributed by atoms with Gasteiger partial charge < -0.3 is 9.84 Å². The van der Waals surface area contributed by atoms with E-state index in [0.717, 1.165) is 62.6 Å². The van der Waals surface area contributed by atoms with Gasteiger partial charge in [0.25, 0.3) is 5.69 Å². The lowest BCUT2D eigenvalue weighted by atomic mass is 9.99. The predicted octanol–water partition coefficient (Wildman–Crippen LogP) is 7.39. The largest absolute Gasteiger partial charge is 0.872 e. The summed E-state index contributed by atoms with van der Waals surface area (Å²) in [6.07, 6.45) is 9.01. The van der Waals surface area contributed by atoms with Gasteiger partial charge in [-0.05, 0) is 49.4 Å². The number of hydrogen-bond donors (Lipinski definition) is 0. The molecule has 0 saturated carbocycles. The first kappa shape index (κ1) is 30.5.